The first-order valence-electron chi connectivity index (χ1n) is 7.38. The predicted molar refractivity (Wildman–Crippen MR) is 85.1 cm³/mol. The smallest absolute Gasteiger partial charge is 0.0536 e. The molecule has 3 unspecified atom stereocenters. The van der Waals surface area contributed by atoms with Gasteiger partial charge in [0.1, 0.15) is 0 Å². The number of aromatic nitrogens is 1. The largest absolute Gasteiger partial charge is 0.351 e. The molecular weight excluding hydrogens is 266 g/mol. The van der Waals surface area contributed by atoms with E-state index in [1.54, 1.807) is 0 Å². The Morgan fingerprint density at radius 3 is 3.00 bits per heavy atom. The third kappa shape index (κ3) is 1.87. The van der Waals surface area contributed by atoms with Crippen LogP contribution in [-0.2, 0) is 17.8 Å². The topological polar surface area (TPSA) is 22.0 Å². The minimum atomic E-state index is -0.634. The second kappa shape index (κ2) is 4.59. The molecule has 1 aromatic carbocycles. The Morgan fingerprint density at radius 2 is 2.15 bits per heavy atom. The van der Waals surface area contributed by atoms with E-state index in [2.05, 4.69) is 48.2 Å². The highest BCUT2D eigenvalue weighted by Crippen LogP contribution is 2.37. The van der Waals surface area contributed by atoms with Crippen LogP contribution in [0, 0.1) is 0 Å². The third-order valence-corrected chi connectivity index (χ3v) is 6.76. The Labute approximate surface area is 121 Å². The number of fused-ring (bicyclic) bond motifs is 3. The van der Waals surface area contributed by atoms with Crippen LogP contribution in [0.4, 0.5) is 0 Å². The van der Waals surface area contributed by atoms with E-state index in [9.17, 15) is 4.21 Å². The summed E-state index contributed by atoms with van der Waals surface area (Å²) in [5.74, 6) is 0. The molecule has 20 heavy (non-hydrogen) atoms. The molecule has 0 N–H and O–H groups in total. The number of hydrogen-bond donors (Lipinski definition) is 0. The van der Waals surface area contributed by atoms with Gasteiger partial charge in [0.05, 0.1) is 5.25 Å². The molecule has 1 saturated heterocycles. The zero-order valence-electron chi connectivity index (χ0n) is 11.7. The highest BCUT2D eigenvalue weighted by atomic mass is 32.2. The van der Waals surface area contributed by atoms with Crippen LogP contribution < -0.4 is 0 Å². The van der Waals surface area contributed by atoms with Gasteiger partial charge in [-0.25, -0.2) is 0 Å². The molecular formula is C17H19NOS. The van der Waals surface area contributed by atoms with Gasteiger partial charge in [0.2, 0.25) is 0 Å². The number of allylic oxidation sites excluding steroid dienone is 1. The van der Waals surface area contributed by atoms with Gasteiger partial charge < -0.3 is 4.57 Å². The lowest BCUT2D eigenvalue weighted by Gasteiger charge is -2.32. The van der Waals surface area contributed by atoms with Crippen LogP contribution in [-0.4, -0.2) is 19.3 Å². The number of nitrogens with zero attached hydrogens (tertiary/aromatic N) is 1. The van der Waals surface area contributed by atoms with Gasteiger partial charge in [-0.2, -0.15) is 0 Å². The van der Waals surface area contributed by atoms with Crippen LogP contribution in [0.3, 0.4) is 0 Å². The summed E-state index contributed by atoms with van der Waals surface area (Å²) in [6, 6.07) is 8.87. The Kier molecular flexibility index (Phi) is 2.84. The number of hydrogen-bond acceptors (Lipinski definition) is 1. The fraction of sp³-hybridized carbons (Fsp3) is 0.412. The van der Waals surface area contributed by atoms with Crippen molar-refractivity contribution in [3.63, 3.8) is 0 Å². The van der Waals surface area contributed by atoms with Gasteiger partial charge >= 0.3 is 0 Å². The average Bonchev–Trinajstić information content (AvgIpc) is 2.80. The first-order valence-corrected chi connectivity index (χ1v) is 8.65. The summed E-state index contributed by atoms with van der Waals surface area (Å²) in [7, 11) is 1.44. The van der Waals surface area contributed by atoms with Crippen LogP contribution in [0.5, 0.6) is 0 Å². The number of benzene rings is 1. The van der Waals surface area contributed by atoms with E-state index in [0.717, 1.165) is 19.3 Å². The Bertz CT molecular complexity index is 728. The lowest BCUT2D eigenvalue weighted by molar-refractivity contribution is 0.579. The van der Waals surface area contributed by atoms with E-state index in [4.69, 9.17) is 0 Å². The molecule has 1 aromatic heterocycles. The second-order valence-corrected chi connectivity index (χ2v) is 7.95. The summed E-state index contributed by atoms with van der Waals surface area (Å²) in [5.41, 5.74) is 4.00. The monoisotopic (exact) mass is 285 g/mol. The summed E-state index contributed by atoms with van der Waals surface area (Å²) >= 11 is 0. The van der Waals surface area contributed by atoms with Crippen LogP contribution in [0.25, 0.3) is 16.5 Å². The molecule has 2 aromatic rings. The van der Waals surface area contributed by atoms with Crippen molar-refractivity contribution in [1.29, 1.82) is 0 Å². The summed E-state index contributed by atoms with van der Waals surface area (Å²) in [5, 5.41) is 1.98. The van der Waals surface area contributed by atoms with Gasteiger partial charge in [-0.1, -0.05) is 18.6 Å². The Hall–Kier alpha value is -1.35. The molecule has 2 aliphatic rings. The molecule has 3 heteroatoms. The molecule has 0 radical (unpaired) electrons. The normalized spacial score (nSPS) is 29.4. The fourth-order valence-corrected chi connectivity index (χ4v) is 5.53. The Balaban J connectivity index is 1.77. The molecule has 3 heterocycles. The van der Waals surface area contributed by atoms with Crippen LogP contribution >= 0.6 is 0 Å². The Morgan fingerprint density at radius 1 is 1.25 bits per heavy atom. The molecule has 2 bridgehead atoms. The minimum absolute atomic E-state index is 0.295. The van der Waals surface area contributed by atoms with E-state index in [-0.39, 0.29) is 0 Å². The van der Waals surface area contributed by atoms with Gasteiger partial charge in [0.25, 0.3) is 0 Å². The molecule has 2 aliphatic heterocycles. The van der Waals surface area contributed by atoms with Gasteiger partial charge in [-0.3, -0.25) is 4.21 Å². The average molecular weight is 285 g/mol. The van der Waals surface area contributed by atoms with E-state index in [1.165, 1.54) is 28.5 Å². The lowest BCUT2D eigenvalue weighted by atomic mass is 9.93. The molecule has 0 spiro atoms. The molecule has 1 fully saturated rings. The zero-order valence-corrected chi connectivity index (χ0v) is 12.5. The molecule has 0 amide bonds. The van der Waals surface area contributed by atoms with E-state index < -0.39 is 10.8 Å². The molecule has 104 valence electrons. The molecule has 4 rings (SSSR count). The molecule has 0 saturated carbocycles. The van der Waals surface area contributed by atoms with Gasteiger partial charge in [-0.05, 0) is 48.6 Å². The van der Waals surface area contributed by atoms with Crippen molar-refractivity contribution < 1.29 is 4.21 Å². The van der Waals surface area contributed by atoms with Gasteiger partial charge in [0.15, 0.2) is 0 Å². The zero-order chi connectivity index (χ0) is 13.7. The summed E-state index contributed by atoms with van der Waals surface area (Å²) in [6.07, 6.45) is 8.85. The summed E-state index contributed by atoms with van der Waals surface area (Å²) in [4.78, 5) is 0. The van der Waals surface area contributed by atoms with E-state index in [0.29, 0.717) is 10.5 Å². The van der Waals surface area contributed by atoms with Crippen LogP contribution in [0.1, 0.15) is 31.2 Å². The minimum Gasteiger partial charge on any atom is -0.351 e. The first kappa shape index (κ1) is 12.4. The quantitative estimate of drug-likeness (QED) is 0.784. The SMILES string of the molecule is Cn1ccc2cc(C3=CC4CCCC(C3)S4=O)ccc21. The maximum atomic E-state index is 12.3. The van der Waals surface area contributed by atoms with Crippen LogP contribution in [0.15, 0.2) is 36.5 Å². The lowest BCUT2D eigenvalue weighted by Crippen LogP contribution is -2.33. The molecule has 0 aliphatic carbocycles. The first-order chi connectivity index (χ1) is 9.72. The molecule has 2 nitrogen and oxygen atoms in total. The fourth-order valence-electron chi connectivity index (χ4n) is 3.59. The van der Waals surface area contributed by atoms with Crippen molar-refractivity contribution in [3.8, 4) is 0 Å². The van der Waals surface area contributed by atoms with Crippen molar-refractivity contribution in [3.05, 3.63) is 42.1 Å². The van der Waals surface area contributed by atoms with Crippen molar-refractivity contribution in [2.45, 2.75) is 36.2 Å². The van der Waals surface area contributed by atoms with Gasteiger partial charge in [-0.15, -0.1) is 0 Å². The van der Waals surface area contributed by atoms with Crippen LogP contribution in [0.2, 0.25) is 0 Å². The van der Waals surface area contributed by atoms with Crippen molar-refractivity contribution in [1.82, 2.24) is 4.57 Å². The maximum Gasteiger partial charge on any atom is 0.0536 e. The standard InChI is InChI=1S/C17H19NOS/c1-18-8-7-13-9-12(5-6-17(13)18)14-10-15-3-2-4-16(11-14)20(15)19/h5-10,15-16H,2-4,11H2,1H3. The third-order valence-electron chi connectivity index (χ3n) is 4.73. The number of aryl methyl sites for hydroxylation is 1. The predicted octanol–water partition coefficient (Wildman–Crippen LogP) is 3.64. The maximum absolute atomic E-state index is 12.3. The highest BCUT2D eigenvalue weighted by Gasteiger charge is 2.33. The van der Waals surface area contributed by atoms with Crippen molar-refractivity contribution in [2.24, 2.45) is 7.05 Å². The summed E-state index contributed by atoms with van der Waals surface area (Å²) < 4.78 is 14.4. The van der Waals surface area contributed by atoms with Gasteiger partial charge in [0, 0.05) is 40.2 Å². The second-order valence-electron chi connectivity index (χ2n) is 6.02. The van der Waals surface area contributed by atoms with Crippen molar-refractivity contribution >= 4 is 27.3 Å². The number of rotatable bonds is 1. The van der Waals surface area contributed by atoms with E-state index in [1.807, 2.05) is 0 Å². The highest BCUT2D eigenvalue weighted by molar-refractivity contribution is 7.86. The van der Waals surface area contributed by atoms with Crippen molar-refractivity contribution in [2.75, 3.05) is 0 Å². The molecule has 3 atom stereocenters. The summed E-state index contributed by atoms with van der Waals surface area (Å²) in [6.45, 7) is 0. The van der Waals surface area contributed by atoms with E-state index >= 15 is 0 Å².